The third-order valence-electron chi connectivity index (χ3n) is 4.84. The van der Waals surface area contributed by atoms with Gasteiger partial charge in [-0.15, -0.1) is 0 Å². The Kier molecular flexibility index (Phi) is 7.29. The number of nitrogens with one attached hydrogen (secondary N) is 1. The van der Waals surface area contributed by atoms with Crippen LogP contribution in [0, 0.1) is 17.3 Å². The first-order valence-electron chi connectivity index (χ1n) is 8.32. The second kappa shape index (κ2) is 8.19. The summed E-state index contributed by atoms with van der Waals surface area (Å²) in [4.78, 5) is 0. The standard InChI is InChI=1S/C17H35N/c1-5-16(6-2)12-17(10-8-7-9-11-17)14-18-13-15(3)4/h15-16,18H,5-14H2,1-4H3. The van der Waals surface area contributed by atoms with E-state index in [2.05, 4.69) is 33.0 Å². The molecule has 0 atom stereocenters. The van der Waals surface area contributed by atoms with Crippen LogP contribution in [0.15, 0.2) is 0 Å². The zero-order valence-corrected chi connectivity index (χ0v) is 13.2. The molecule has 0 aliphatic heterocycles. The highest BCUT2D eigenvalue weighted by Crippen LogP contribution is 2.42. The van der Waals surface area contributed by atoms with Gasteiger partial charge in [0.1, 0.15) is 0 Å². The Labute approximate surface area is 115 Å². The van der Waals surface area contributed by atoms with E-state index in [1.807, 2.05) is 0 Å². The Morgan fingerprint density at radius 2 is 1.61 bits per heavy atom. The Hall–Kier alpha value is -0.0400. The van der Waals surface area contributed by atoms with Gasteiger partial charge in [0.15, 0.2) is 0 Å². The van der Waals surface area contributed by atoms with Crippen molar-refractivity contribution in [3.63, 3.8) is 0 Å². The highest BCUT2D eigenvalue weighted by Gasteiger charge is 2.33. The largest absolute Gasteiger partial charge is 0.316 e. The summed E-state index contributed by atoms with van der Waals surface area (Å²) in [6.07, 6.45) is 11.5. The van der Waals surface area contributed by atoms with E-state index in [0.29, 0.717) is 5.41 Å². The molecule has 1 nitrogen and oxygen atoms in total. The first kappa shape index (κ1) is 16.0. The molecular formula is C17H35N. The molecule has 0 aromatic heterocycles. The van der Waals surface area contributed by atoms with Gasteiger partial charge in [0.2, 0.25) is 0 Å². The van der Waals surface area contributed by atoms with E-state index in [0.717, 1.165) is 11.8 Å². The Balaban J connectivity index is 2.51. The molecule has 1 saturated carbocycles. The van der Waals surface area contributed by atoms with Gasteiger partial charge in [0.25, 0.3) is 0 Å². The molecule has 1 aliphatic rings. The normalized spacial score (nSPS) is 19.7. The Morgan fingerprint density at radius 3 is 2.11 bits per heavy atom. The lowest BCUT2D eigenvalue weighted by Crippen LogP contribution is -2.39. The molecule has 0 radical (unpaired) electrons. The molecule has 0 heterocycles. The van der Waals surface area contributed by atoms with Crippen molar-refractivity contribution in [2.24, 2.45) is 17.3 Å². The van der Waals surface area contributed by atoms with Crippen LogP contribution in [0.5, 0.6) is 0 Å². The molecule has 1 fully saturated rings. The van der Waals surface area contributed by atoms with Crippen molar-refractivity contribution in [1.29, 1.82) is 0 Å². The molecule has 1 rings (SSSR count). The van der Waals surface area contributed by atoms with Crippen LogP contribution in [-0.4, -0.2) is 13.1 Å². The molecule has 1 heteroatoms. The van der Waals surface area contributed by atoms with Gasteiger partial charge in [-0.25, -0.2) is 0 Å². The first-order valence-corrected chi connectivity index (χ1v) is 8.32. The summed E-state index contributed by atoms with van der Waals surface area (Å²) in [5, 5.41) is 3.75. The van der Waals surface area contributed by atoms with Crippen LogP contribution in [0.25, 0.3) is 0 Å². The van der Waals surface area contributed by atoms with E-state index in [4.69, 9.17) is 0 Å². The van der Waals surface area contributed by atoms with Crippen LogP contribution >= 0.6 is 0 Å². The molecular weight excluding hydrogens is 218 g/mol. The van der Waals surface area contributed by atoms with Crippen molar-refractivity contribution in [3.8, 4) is 0 Å². The van der Waals surface area contributed by atoms with Gasteiger partial charge in [-0.3, -0.25) is 0 Å². The highest BCUT2D eigenvalue weighted by atomic mass is 14.9. The van der Waals surface area contributed by atoms with Crippen LogP contribution in [0.4, 0.5) is 0 Å². The highest BCUT2D eigenvalue weighted by molar-refractivity contribution is 4.86. The number of hydrogen-bond donors (Lipinski definition) is 1. The lowest BCUT2D eigenvalue weighted by Gasteiger charge is -2.40. The van der Waals surface area contributed by atoms with Gasteiger partial charge in [-0.1, -0.05) is 59.8 Å². The molecule has 0 bridgehead atoms. The molecule has 0 aromatic rings. The van der Waals surface area contributed by atoms with E-state index >= 15 is 0 Å². The number of hydrogen-bond acceptors (Lipinski definition) is 1. The van der Waals surface area contributed by atoms with E-state index in [-0.39, 0.29) is 0 Å². The summed E-state index contributed by atoms with van der Waals surface area (Å²) < 4.78 is 0. The van der Waals surface area contributed by atoms with E-state index in [9.17, 15) is 0 Å². The average molecular weight is 253 g/mol. The van der Waals surface area contributed by atoms with Gasteiger partial charge in [-0.05, 0) is 43.1 Å². The molecule has 0 amide bonds. The fourth-order valence-corrected chi connectivity index (χ4v) is 3.57. The monoisotopic (exact) mass is 253 g/mol. The van der Waals surface area contributed by atoms with Gasteiger partial charge in [-0.2, -0.15) is 0 Å². The third-order valence-corrected chi connectivity index (χ3v) is 4.84. The van der Waals surface area contributed by atoms with Crippen LogP contribution in [0.3, 0.4) is 0 Å². The molecule has 1 aliphatic carbocycles. The maximum atomic E-state index is 3.75. The number of rotatable bonds is 8. The molecule has 1 N–H and O–H groups in total. The van der Waals surface area contributed by atoms with Gasteiger partial charge >= 0.3 is 0 Å². The van der Waals surface area contributed by atoms with Gasteiger partial charge < -0.3 is 5.32 Å². The van der Waals surface area contributed by atoms with Crippen LogP contribution in [0.2, 0.25) is 0 Å². The maximum Gasteiger partial charge on any atom is 0.000802 e. The maximum absolute atomic E-state index is 3.75. The van der Waals surface area contributed by atoms with Crippen LogP contribution in [0.1, 0.15) is 79.1 Å². The minimum Gasteiger partial charge on any atom is -0.316 e. The van der Waals surface area contributed by atoms with Gasteiger partial charge in [0, 0.05) is 6.54 Å². The Bertz CT molecular complexity index is 200. The zero-order valence-electron chi connectivity index (χ0n) is 13.2. The second-order valence-corrected chi connectivity index (χ2v) is 6.97. The molecule has 0 saturated heterocycles. The van der Waals surface area contributed by atoms with Crippen molar-refractivity contribution in [2.45, 2.75) is 79.1 Å². The fourth-order valence-electron chi connectivity index (χ4n) is 3.57. The molecule has 18 heavy (non-hydrogen) atoms. The predicted octanol–water partition coefficient (Wildman–Crippen LogP) is 5.01. The fraction of sp³-hybridized carbons (Fsp3) is 1.00. The van der Waals surface area contributed by atoms with E-state index in [1.165, 1.54) is 64.5 Å². The van der Waals surface area contributed by atoms with Crippen molar-refractivity contribution >= 4 is 0 Å². The Morgan fingerprint density at radius 1 is 1.00 bits per heavy atom. The SMILES string of the molecule is CCC(CC)CC1(CNCC(C)C)CCCCC1. The molecule has 0 unspecified atom stereocenters. The van der Waals surface area contributed by atoms with Crippen LogP contribution < -0.4 is 5.32 Å². The topological polar surface area (TPSA) is 12.0 Å². The summed E-state index contributed by atoms with van der Waals surface area (Å²) >= 11 is 0. The minimum absolute atomic E-state index is 0.629. The summed E-state index contributed by atoms with van der Waals surface area (Å²) in [7, 11) is 0. The molecule has 0 aromatic carbocycles. The summed E-state index contributed by atoms with van der Waals surface area (Å²) in [5.74, 6) is 1.72. The van der Waals surface area contributed by atoms with E-state index in [1.54, 1.807) is 0 Å². The molecule has 108 valence electrons. The van der Waals surface area contributed by atoms with Crippen molar-refractivity contribution < 1.29 is 0 Å². The lowest BCUT2D eigenvalue weighted by molar-refractivity contribution is 0.132. The predicted molar refractivity (Wildman–Crippen MR) is 81.9 cm³/mol. The zero-order chi connectivity index (χ0) is 13.4. The summed E-state index contributed by atoms with van der Waals surface area (Å²) in [5.41, 5.74) is 0.629. The quantitative estimate of drug-likeness (QED) is 0.641. The summed E-state index contributed by atoms with van der Waals surface area (Å²) in [6.45, 7) is 11.8. The van der Waals surface area contributed by atoms with Crippen molar-refractivity contribution in [3.05, 3.63) is 0 Å². The second-order valence-electron chi connectivity index (χ2n) is 6.97. The van der Waals surface area contributed by atoms with Crippen molar-refractivity contribution in [2.75, 3.05) is 13.1 Å². The van der Waals surface area contributed by atoms with E-state index < -0.39 is 0 Å². The summed E-state index contributed by atoms with van der Waals surface area (Å²) in [6, 6.07) is 0. The smallest absolute Gasteiger partial charge is 0.000802 e. The molecule has 0 spiro atoms. The van der Waals surface area contributed by atoms with Crippen LogP contribution in [-0.2, 0) is 0 Å². The minimum atomic E-state index is 0.629. The average Bonchev–Trinajstić information content (AvgIpc) is 2.37. The lowest BCUT2D eigenvalue weighted by atomic mass is 9.68. The van der Waals surface area contributed by atoms with Crippen molar-refractivity contribution in [1.82, 2.24) is 5.32 Å². The first-order chi connectivity index (χ1) is 8.62. The third kappa shape index (κ3) is 5.30. The van der Waals surface area contributed by atoms with Gasteiger partial charge in [0.05, 0.1) is 0 Å².